The first kappa shape index (κ1) is 25.7. The molecule has 3 heterocycles. The van der Waals surface area contributed by atoms with Gasteiger partial charge in [0.15, 0.2) is 0 Å². The first-order valence-corrected chi connectivity index (χ1v) is 13.2. The molecule has 1 aliphatic rings. The minimum Gasteiger partial charge on any atom is -0.308 e. The molecule has 0 bridgehead atoms. The van der Waals surface area contributed by atoms with Crippen LogP contribution < -0.4 is 16.0 Å². The predicted octanol–water partition coefficient (Wildman–Crippen LogP) is 4.27. The van der Waals surface area contributed by atoms with E-state index in [0.29, 0.717) is 18.1 Å². The van der Waals surface area contributed by atoms with Crippen molar-refractivity contribution in [1.82, 2.24) is 30.9 Å². The van der Waals surface area contributed by atoms with Gasteiger partial charge in [0.25, 0.3) is 0 Å². The molecule has 1 fully saturated rings. The Kier molecular flexibility index (Phi) is 11.7. The van der Waals surface area contributed by atoms with Crippen molar-refractivity contribution in [1.29, 1.82) is 0 Å². The van der Waals surface area contributed by atoms with Gasteiger partial charge in [0.1, 0.15) is 0 Å². The second-order valence-electron chi connectivity index (χ2n) is 8.17. The van der Waals surface area contributed by atoms with E-state index in [4.69, 9.17) is 0 Å². The Hall–Kier alpha value is -1.94. The maximum absolute atomic E-state index is 4.44. The van der Waals surface area contributed by atoms with Crippen molar-refractivity contribution in [3.8, 4) is 0 Å². The normalized spacial score (nSPS) is 20.0. The largest absolute Gasteiger partial charge is 0.308 e. The van der Waals surface area contributed by atoms with Gasteiger partial charge in [-0.3, -0.25) is 15.0 Å². The molecule has 0 atom stereocenters. The van der Waals surface area contributed by atoms with Crippen LogP contribution in [0.5, 0.6) is 0 Å². The van der Waals surface area contributed by atoms with Crippen molar-refractivity contribution in [3.63, 3.8) is 0 Å². The summed E-state index contributed by atoms with van der Waals surface area (Å²) in [5.74, 6) is 0. The molecule has 0 radical (unpaired) electrons. The number of alkyl halides is 1. The zero-order valence-corrected chi connectivity index (χ0v) is 21.5. The smallest absolute Gasteiger partial charge is 0.0541 e. The number of nitrogens with zero attached hydrogens (tertiary/aromatic N) is 3. The highest BCUT2D eigenvalue weighted by Crippen LogP contribution is 2.21. The molecule has 0 aliphatic heterocycles. The van der Waals surface area contributed by atoms with Crippen molar-refractivity contribution < 1.29 is 0 Å². The fraction of sp³-hybridized carbons (Fsp3) is 0.423. The maximum Gasteiger partial charge on any atom is 0.0541 e. The minimum absolute atomic E-state index is 0.434. The van der Waals surface area contributed by atoms with Crippen LogP contribution in [0.4, 0.5) is 0 Å². The third kappa shape index (κ3) is 9.83. The third-order valence-corrected chi connectivity index (χ3v) is 5.60. The molecule has 1 saturated carbocycles. The number of rotatable bonds is 9. The number of halogens is 1. The van der Waals surface area contributed by atoms with Gasteiger partial charge in [0.2, 0.25) is 0 Å². The average molecular weight is 559 g/mol. The zero-order valence-electron chi connectivity index (χ0n) is 19.3. The van der Waals surface area contributed by atoms with E-state index in [9.17, 15) is 0 Å². The molecule has 3 N–H and O–H groups in total. The van der Waals surface area contributed by atoms with Crippen LogP contribution in [0.3, 0.4) is 0 Å². The van der Waals surface area contributed by atoms with Gasteiger partial charge >= 0.3 is 0 Å². The lowest BCUT2D eigenvalue weighted by Gasteiger charge is -2.36. The Labute approximate surface area is 211 Å². The summed E-state index contributed by atoms with van der Waals surface area (Å²) in [6.45, 7) is 4.50. The van der Waals surface area contributed by atoms with E-state index < -0.39 is 0 Å². The summed E-state index contributed by atoms with van der Waals surface area (Å²) < 4.78 is 1.22. The lowest BCUT2D eigenvalue weighted by Crippen LogP contribution is -2.50. The van der Waals surface area contributed by atoms with Gasteiger partial charge in [-0.1, -0.05) is 47.7 Å². The SMILES string of the molecule is CCI.c1ccc(CNC2CC(NCc3ccccn3)CC(NCc3ccccn3)C2)nc1. The van der Waals surface area contributed by atoms with E-state index in [1.807, 2.05) is 55.0 Å². The van der Waals surface area contributed by atoms with E-state index in [1.54, 1.807) is 0 Å². The van der Waals surface area contributed by atoms with Crippen molar-refractivity contribution >= 4 is 22.6 Å². The van der Waals surface area contributed by atoms with E-state index in [2.05, 4.69) is 78.6 Å². The Balaban J connectivity index is 0.000000968. The Morgan fingerprint density at radius 3 is 1.18 bits per heavy atom. The number of hydrogen-bond acceptors (Lipinski definition) is 6. The topological polar surface area (TPSA) is 74.8 Å². The maximum atomic E-state index is 4.44. The minimum atomic E-state index is 0.434. The lowest BCUT2D eigenvalue weighted by molar-refractivity contribution is 0.245. The molecule has 0 unspecified atom stereocenters. The molecule has 33 heavy (non-hydrogen) atoms. The molecule has 7 heteroatoms. The van der Waals surface area contributed by atoms with Crippen LogP contribution in [0.15, 0.2) is 73.2 Å². The molecule has 0 spiro atoms. The lowest BCUT2D eigenvalue weighted by atomic mass is 9.86. The number of hydrogen-bond donors (Lipinski definition) is 3. The second kappa shape index (κ2) is 15.1. The number of aromatic nitrogens is 3. The summed E-state index contributed by atoms with van der Waals surface area (Å²) in [6.07, 6.45) is 8.86. The van der Waals surface area contributed by atoms with Crippen LogP contribution >= 0.6 is 22.6 Å². The summed E-state index contributed by atoms with van der Waals surface area (Å²) >= 11 is 2.29. The van der Waals surface area contributed by atoms with E-state index in [-0.39, 0.29) is 0 Å². The molecule has 4 rings (SSSR count). The van der Waals surface area contributed by atoms with Crippen LogP contribution in [0.1, 0.15) is 43.3 Å². The average Bonchev–Trinajstić information content (AvgIpc) is 2.87. The van der Waals surface area contributed by atoms with Gasteiger partial charge in [-0.15, -0.1) is 0 Å². The molecule has 176 valence electrons. The fourth-order valence-corrected chi connectivity index (χ4v) is 4.07. The molecule has 3 aromatic rings. The number of nitrogens with one attached hydrogen (secondary N) is 3. The Bertz CT molecular complexity index is 757. The standard InChI is InChI=1S/C24H30N6.C2H5I/c1-4-10-25-19(7-1)16-28-22-13-23(29-17-20-8-2-5-11-26-20)15-24(14-22)30-18-21-9-3-6-12-27-21;1-2-3/h1-12,22-24,28-30H,13-18H2;2H2,1H3. The van der Waals surface area contributed by atoms with Gasteiger partial charge in [0, 0.05) is 56.4 Å². The van der Waals surface area contributed by atoms with Gasteiger partial charge < -0.3 is 16.0 Å². The third-order valence-electron chi connectivity index (χ3n) is 5.60. The van der Waals surface area contributed by atoms with Crippen LogP contribution in [-0.2, 0) is 19.6 Å². The number of pyridine rings is 3. The Morgan fingerprint density at radius 1 is 0.636 bits per heavy atom. The van der Waals surface area contributed by atoms with E-state index >= 15 is 0 Å². The van der Waals surface area contributed by atoms with E-state index in [1.165, 1.54) is 4.43 Å². The molecule has 1 aliphatic carbocycles. The molecule has 6 nitrogen and oxygen atoms in total. The molecular weight excluding hydrogens is 523 g/mol. The van der Waals surface area contributed by atoms with Gasteiger partial charge in [0.05, 0.1) is 17.1 Å². The molecule has 0 amide bonds. The summed E-state index contributed by atoms with van der Waals surface area (Å²) in [5.41, 5.74) is 3.25. The van der Waals surface area contributed by atoms with Crippen molar-refractivity contribution in [2.45, 2.75) is 63.9 Å². The monoisotopic (exact) mass is 558 g/mol. The zero-order chi connectivity index (χ0) is 23.1. The molecular formula is C26H35IN6. The molecule has 0 aromatic carbocycles. The second-order valence-corrected chi connectivity index (χ2v) is 9.70. The molecule has 3 aromatic heterocycles. The first-order chi connectivity index (χ1) is 16.3. The van der Waals surface area contributed by atoms with Crippen LogP contribution in [0, 0.1) is 0 Å². The van der Waals surface area contributed by atoms with Crippen LogP contribution in [0.25, 0.3) is 0 Å². The highest BCUT2D eigenvalue weighted by Gasteiger charge is 2.28. The fourth-order valence-electron chi connectivity index (χ4n) is 4.07. The van der Waals surface area contributed by atoms with Crippen LogP contribution in [-0.4, -0.2) is 37.5 Å². The predicted molar refractivity (Wildman–Crippen MR) is 143 cm³/mol. The summed E-state index contributed by atoms with van der Waals surface area (Å²) in [7, 11) is 0. The quantitative estimate of drug-likeness (QED) is 0.269. The van der Waals surface area contributed by atoms with Gasteiger partial charge in [-0.25, -0.2) is 0 Å². The Morgan fingerprint density at radius 2 is 0.939 bits per heavy atom. The van der Waals surface area contributed by atoms with Crippen molar-refractivity contribution in [3.05, 3.63) is 90.3 Å². The van der Waals surface area contributed by atoms with Crippen molar-refractivity contribution in [2.75, 3.05) is 4.43 Å². The van der Waals surface area contributed by atoms with Gasteiger partial charge in [-0.2, -0.15) is 0 Å². The summed E-state index contributed by atoms with van der Waals surface area (Å²) in [6, 6.07) is 19.5. The molecule has 0 saturated heterocycles. The highest BCUT2D eigenvalue weighted by molar-refractivity contribution is 14.1. The summed E-state index contributed by atoms with van der Waals surface area (Å²) in [4.78, 5) is 13.3. The highest BCUT2D eigenvalue weighted by atomic mass is 127. The first-order valence-electron chi connectivity index (χ1n) is 11.7. The van der Waals surface area contributed by atoms with Crippen molar-refractivity contribution in [2.24, 2.45) is 0 Å². The van der Waals surface area contributed by atoms with Gasteiger partial charge in [-0.05, 0) is 60.1 Å². The van der Waals surface area contributed by atoms with Crippen LogP contribution in [0.2, 0.25) is 0 Å². The summed E-state index contributed by atoms with van der Waals surface area (Å²) in [5, 5.41) is 11.2. The van der Waals surface area contributed by atoms with E-state index in [0.717, 1.165) is 56.0 Å².